The smallest absolute Gasteiger partial charge is 0.407 e. The molecule has 0 aromatic heterocycles. The second kappa shape index (κ2) is 10.3. The number of hydrogen-bond acceptors (Lipinski definition) is 5. The lowest BCUT2D eigenvalue weighted by molar-refractivity contribution is -0.150. The molecule has 1 saturated heterocycles. The summed E-state index contributed by atoms with van der Waals surface area (Å²) in [5, 5.41) is 12.1. The summed E-state index contributed by atoms with van der Waals surface area (Å²) in [7, 11) is 1.44. The van der Waals surface area contributed by atoms with Gasteiger partial charge in [0, 0.05) is 25.6 Å². The number of rotatable bonds is 7. The number of carbonyl (C=O) groups excluding carboxylic acids is 2. The summed E-state index contributed by atoms with van der Waals surface area (Å²) in [6.07, 6.45) is 0.406. The maximum absolute atomic E-state index is 13.2. The molecule has 180 valence electrons. The molecule has 2 aromatic carbocycles. The van der Waals surface area contributed by atoms with E-state index in [9.17, 15) is 19.5 Å². The number of hydrogen-bond donors (Lipinski definition) is 2. The number of amides is 2. The number of methoxy groups -OCH3 is 1. The molecule has 0 saturated carbocycles. The predicted molar refractivity (Wildman–Crippen MR) is 125 cm³/mol. The first-order valence-corrected chi connectivity index (χ1v) is 11.6. The average molecular weight is 467 g/mol. The predicted octanol–water partition coefficient (Wildman–Crippen LogP) is 3.25. The minimum absolute atomic E-state index is 0.0377. The topological polar surface area (TPSA) is 105 Å². The third-order valence-corrected chi connectivity index (χ3v) is 6.86. The Hall–Kier alpha value is -3.39. The average Bonchev–Trinajstić information content (AvgIpc) is 3.16. The van der Waals surface area contributed by atoms with Gasteiger partial charge in [-0.2, -0.15) is 0 Å². The third-order valence-electron chi connectivity index (χ3n) is 6.86. The standard InChI is InChI=1S/C26H30N2O6/c1-16-17(25(30)31)12-7-13-28(16)24(29)23(15-33-2)27-26(32)34-14-22-20-10-5-3-8-18(20)19-9-4-6-11-21(19)22/h3-6,8-11,16-17,22-23H,7,12-15H2,1-2H3,(H,27,32)(H,30,31)/t16-,17-,23-/m0/s1. The zero-order valence-electron chi connectivity index (χ0n) is 19.4. The number of carbonyl (C=O) groups is 3. The zero-order chi connectivity index (χ0) is 24.2. The fraction of sp³-hybridized carbons (Fsp3) is 0.423. The van der Waals surface area contributed by atoms with Gasteiger partial charge < -0.3 is 24.8 Å². The van der Waals surface area contributed by atoms with Crippen LogP contribution in [0.2, 0.25) is 0 Å². The molecule has 1 aliphatic heterocycles. The largest absolute Gasteiger partial charge is 0.481 e. The Morgan fingerprint density at radius 3 is 2.29 bits per heavy atom. The molecule has 2 aromatic rings. The fourth-order valence-corrected chi connectivity index (χ4v) is 5.11. The summed E-state index contributed by atoms with van der Waals surface area (Å²) in [4.78, 5) is 38.9. The molecule has 1 heterocycles. The molecule has 2 N–H and O–H groups in total. The van der Waals surface area contributed by atoms with E-state index in [4.69, 9.17) is 9.47 Å². The highest BCUT2D eigenvalue weighted by atomic mass is 16.5. The molecule has 1 aliphatic carbocycles. The Kier molecular flexibility index (Phi) is 7.17. The van der Waals surface area contributed by atoms with Crippen molar-refractivity contribution in [1.82, 2.24) is 10.2 Å². The number of carboxylic acids is 1. The molecule has 2 amide bonds. The number of alkyl carbamates (subject to hydrolysis) is 1. The number of fused-ring (bicyclic) bond motifs is 3. The van der Waals surface area contributed by atoms with Gasteiger partial charge in [0.15, 0.2) is 0 Å². The van der Waals surface area contributed by atoms with Gasteiger partial charge in [-0.05, 0) is 42.0 Å². The van der Waals surface area contributed by atoms with Gasteiger partial charge in [0.25, 0.3) is 0 Å². The number of likely N-dealkylation sites (tertiary alicyclic amines) is 1. The molecule has 0 spiro atoms. The van der Waals surface area contributed by atoms with Crippen molar-refractivity contribution in [1.29, 1.82) is 0 Å². The highest BCUT2D eigenvalue weighted by Gasteiger charge is 2.38. The van der Waals surface area contributed by atoms with Gasteiger partial charge >= 0.3 is 12.1 Å². The van der Waals surface area contributed by atoms with Crippen LogP contribution in [-0.4, -0.2) is 66.9 Å². The molecule has 0 unspecified atom stereocenters. The van der Waals surface area contributed by atoms with Crippen molar-refractivity contribution in [3.05, 3.63) is 59.7 Å². The van der Waals surface area contributed by atoms with Crippen LogP contribution in [0.4, 0.5) is 4.79 Å². The molecule has 8 heteroatoms. The van der Waals surface area contributed by atoms with Crippen molar-refractivity contribution in [2.45, 2.75) is 37.8 Å². The van der Waals surface area contributed by atoms with Crippen LogP contribution in [0, 0.1) is 5.92 Å². The Morgan fingerprint density at radius 2 is 1.71 bits per heavy atom. The lowest BCUT2D eigenvalue weighted by Gasteiger charge is -2.39. The van der Waals surface area contributed by atoms with E-state index in [0.29, 0.717) is 19.4 Å². The highest BCUT2D eigenvalue weighted by Crippen LogP contribution is 2.44. The first kappa shape index (κ1) is 23.8. The second-order valence-electron chi connectivity index (χ2n) is 8.84. The van der Waals surface area contributed by atoms with Crippen molar-refractivity contribution in [3.63, 3.8) is 0 Å². The first-order valence-electron chi connectivity index (χ1n) is 11.6. The van der Waals surface area contributed by atoms with Gasteiger partial charge in [0.05, 0.1) is 12.5 Å². The van der Waals surface area contributed by atoms with E-state index in [0.717, 1.165) is 22.3 Å². The van der Waals surface area contributed by atoms with Gasteiger partial charge in [0.1, 0.15) is 12.6 Å². The SMILES string of the molecule is COC[C@H](NC(=O)OCC1c2ccccc2-c2ccccc21)C(=O)N1CCC[C@H](C(=O)O)[C@@H]1C. The fourth-order valence-electron chi connectivity index (χ4n) is 5.11. The summed E-state index contributed by atoms with van der Waals surface area (Å²) >= 11 is 0. The molecule has 1 fully saturated rings. The van der Waals surface area contributed by atoms with Gasteiger partial charge in [-0.1, -0.05) is 48.5 Å². The summed E-state index contributed by atoms with van der Waals surface area (Å²) in [5.74, 6) is -2.00. The van der Waals surface area contributed by atoms with Crippen molar-refractivity contribution in [2.24, 2.45) is 5.92 Å². The van der Waals surface area contributed by atoms with Gasteiger partial charge in [-0.15, -0.1) is 0 Å². The maximum Gasteiger partial charge on any atom is 0.407 e. The van der Waals surface area contributed by atoms with Crippen molar-refractivity contribution >= 4 is 18.0 Å². The van der Waals surface area contributed by atoms with E-state index in [1.54, 1.807) is 6.92 Å². The normalized spacial score (nSPS) is 20.2. The lowest BCUT2D eigenvalue weighted by Crippen LogP contribution is -2.57. The lowest BCUT2D eigenvalue weighted by atomic mass is 9.90. The molecule has 8 nitrogen and oxygen atoms in total. The summed E-state index contributed by atoms with van der Waals surface area (Å²) in [6.45, 7) is 2.27. The highest BCUT2D eigenvalue weighted by molar-refractivity contribution is 5.87. The zero-order valence-corrected chi connectivity index (χ0v) is 19.4. The Bertz CT molecular complexity index is 1030. The first-order chi connectivity index (χ1) is 16.4. The molecule has 0 bridgehead atoms. The van der Waals surface area contributed by atoms with Gasteiger partial charge in [-0.3, -0.25) is 9.59 Å². The van der Waals surface area contributed by atoms with E-state index in [-0.39, 0.29) is 25.0 Å². The Morgan fingerprint density at radius 1 is 1.09 bits per heavy atom. The van der Waals surface area contributed by atoms with Crippen LogP contribution in [-0.2, 0) is 19.1 Å². The van der Waals surface area contributed by atoms with Gasteiger partial charge in [0.2, 0.25) is 5.91 Å². The van der Waals surface area contributed by atoms with Crippen molar-refractivity contribution < 1.29 is 29.0 Å². The Labute approximate surface area is 198 Å². The second-order valence-corrected chi connectivity index (χ2v) is 8.84. The number of piperidine rings is 1. The van der Waals surface area contributed by atoms with Crippen molar-refractivity contribution in [2.75, 3.05) is 26.9 Å². The van der Waals surface area contributed by atoms with Crippen LogP contribution >= 0.6 is 0 Å². The summed E-state index contributed by atoms with van der Waals surface area (Å²) in [6, 6.07) is 14.7. The van der Waals surface area contributed by atoms with E-state index < -0.39 is 30.1 Å². The number of ether oxygens (including phenoxy) is 2. The number of carboxylic acid groups (broad SMARTS) is 1. The van der Waals surface area contributed by atoms with Crippen molar-refractivity contribution in [3.8, 4) is 11.1 Å². The van der Waals surface area contributed by atoms with E-state index in [1.165, 1.54) is 12.0 Å². The molecule has 2 aliphatic rings. The van der Waals surface area contributed by atoms with Crippen LogP contribution in [0.25, 0.3) is 11.1 Å². The minimum Gasteiger partial charge on any atom is -0.481 e. The van der Waals surface area contributed by atoms with Crippen LogP contribution in [0.3, 0.4) is 0 Å². The molecule has 34 heavy (non-hydrogen) atoms. The number of nitrogens with one attached hydrogen (secondary N) is 1. The number of benzene rings is 2. The summed E-state index contributed by atoms with van der Waals surface area (Å²) in [5.41, 5.74) is 4.46. The molecular formula is C26H30N2O6. The third kappa shape index (κ3) is 4.63. The van der Waals surface area contributed by atoms with Crippen LogP contribution in [0.5, 0.6) is 0 Å². The van der Waals surface area contributed by atoms with E-state index in [2.05, 4.69) is 17.4 Å². The molecular weight excluding hydrogens is 436 g/mol. The quantitative estimate of drug-likeness (QED) is 0.649. The number of aliphatic carboxylic acids is 1. The maximum atomic E-state index is 13.2. The van der Waals surface area contributed by atoms with Crippen LogP contribution < -0.4 is 5.32 Å². The monoisotopic (exact) mass is 466 g/mol. The van der Waals surface area contributed by atoms with E-state index >= 15 is 0 Å². The molecule has 3 atom stereocenters. The minimum atomic E-state index is -0.962. The summed E-state index contributed by atoms with van der Waals surface area (Å²) < 4.78 is 10.7. The molecule has 0 radical (unpaired) electrons. The van der Waals surface area contributed by atoms with E-state index in [1.807, 2.05) is 36.4 Å². The number of nitrogens with zero attached hydrogens (tertiary/aromatic N) is 1. The van der Waals surface area contributed by atoms with Crippen LogP contribution in [0.15, 0.2) is 48.5 Å². The Balaban J connectivity index is 1.42. The van der Waals surface area contributed by atoms with Crippen LogP contribution in [0.1, 0.15) is 36.8 Å². The molecule has 4 rings (SSSR count). The van der Waals surface area contributed by atoms with Gasteiger partial charge in [-0.25, -0.2) is 4.79 Å².